The Morgan fingerprint density at radius 2 is 2.03 bits per heavy atom. The summed E-state index contributed by atoms with van der Waals surface area (Å²) in [6.07, 6.45) is 9.15. The minimum Gasteiger partial charge on any atom is -0.350 e. The predicted molar refractivity (Wildman–Crippen MR) is 111 cm³/mol. The van der Waals surface area contributed by atoms with Gasteiger partial charge in [-0.25, -0.2) is 14.6 Å². The fraction of sp³-hybridized carbons (Fsp3) is 0.455. The Morgan fingerprint density at radius 3 is 2.90 bits per heavy atom. The molecule has 1 amide bonds. The number of nitrogens with zero attached hydrogens (tertiary/aromatic N) is 4. The molecule has 2 aliphatic rings. The maximum absolute atomic E-state index is 12.6. The second-order valence-electron chi connectivity index (χ2n) is 7.97. The average Bonchev–Trinajstić information content (AvgIpc) is 3.42. The Kier molecular flexibility index (Phi) is 4.97. The molecule has 1 aromatic carbocycles. The van der Waals surface area contributed by atoms with Crippen LogP contribution in [-0.4, -0.2) is 45.3 Å². The third-order valence-electron chi connectivity index (χ3n) is 6.06. The van der Waals surface area contributed by atoms with Crippen molar-refractivity contribution in [3.8, 4) is 0 Å². The standard InChI is InChI=1S/C22H26N6O/c29-22(17-6-5-15-3-1-2-4-16(15)13-17)26-11-12-28-21-20(24-9-10-25-21)19(27-28)18-7-8-23-14-18/h5-6,9-10,13,18,23H,1-4,7-8,11-12,14H2,(H,26,29)/t18-/m0/s1. The van der Waals surface area contributed by atoms with E-state index in [2.05, 4.69) is 32.7 Å². The van der Waals surface area contributed by atoms with E-state index in [1.807, 2.05) is 10.7 Å². The van der Waals surface area contributed by atoms with Crippen molar-refractivity contribution < 1.29 is 4.79 Å². The van der Waals surface area contributed by atoms with Crippen molar-refractivity contribution >= 4 is 17.1 Å². The number of hydrogen-bond donors (Lipinski definition) is 2. The van der Waals surface area contributed by atoms with Crippen LogP contribution in [0.3, 0.4) is 0 Å². The van der Waals surface area contributed by atoms with Gasteiger partial charge < -0.3 is 10.6 Å². The molecule has 29 heavy (non-hydrogen) atoms. The van der Waals surface area contributed by atoms with E-state index in [0.29, 0.717) is 19.0 Å². The molecule has 2 N–H and O–H groups in total. The maximum atomic E-state index is 12.6. The Morgan fingerprint density at radius 1 is 1.17 bits per heavy atom. The van der Waals surface area contributed by atoms with Gasteiger partial charge in [-0.15, -0.1) is 0 Å². The lowest BCUT2D eigenvalue weighted by Crippen LogP contribution is -2.28. The molecule has 3 aromatic rings. The van der Waals surface area contributed by atoms with Gasteiger partial charge in [0, 0.05) is 37.0 Å². The van der Waals surface area contributed by atoms with Gasteiger partial charge in [-0.3, -0.25) is 4.79 Å². The van der Waals surface area contributed by atoms with Gasteiger partial charge in [0.1, 0.15) is 5.52 Å². The third-order valence-corrected chi connectivity index (χ3v) is 6.06. The summed E-state index contributed by atoms with van der Waals surface area (Å²) in [5, 5.41) is 11.2. The van der Waals surface area contributed by atoms with E-state index in [4.69, 9.17) is 5.10 Å². The summed E-state index contributed by atoms with van der Waals surface area (Å²) in [6, 6.07) is 6.12. The molecule has 1 fully saturated rings. The second-order valence-corrected chi connectivity index (χ2v) is 7.97. The number of aryl methyl sites for hydroxylation is 2. The van der Waals surface area contributed by atoms with E-state index in [1.165, 1.54) is 24.0 Å². The lowest BCUT2D eigenvalue weighted by Gasteiger charge is -2.16. The zero-order valence-electron chi connectivity index (χ0n) is 16.5. The number of nitrogens with one attached hydrogen (secondary N) is 2. The summed E-state index contributed by atoms with van der Waals surface area (Å²) in [5.41, 5.74) is 6.14. The van der Waals surface area contributed by atoms with Gasteiger partial charge in [-0.05, 0) is 61.9 Å². The van der Waals surface area contributed by atoms with Crippen LogP contribution in [0.25, 0.3) is 11.2 Å². The molecule has 7 heteroatoms. The normalized spacial score (nSPS) is 18.7. The van der Waals surface area contributed by atoms with Crippen LogP contribution in [0.15, 0.2) is 30.6 Å². The van der Waals surface area contributed by atoms with Crippen LogP contribution in [0, 0.1) is 0 Å². The molecular formula is C22H26N6O. The summed E-state index contributed by atoms with van der Waals surface area (Å²) in [4.78, 5) is 21.6. The van der Waals surface area contributed by atoms with E-state index >= 15 is 0 Å². The van der Waals surface area contributed by atoms with Gasteiger partial charge in [0.25, 0.3) is 5.91 Å². The van der Waals surface area contributed by atoms with Gasteiger partial charge in [-0.2, -0.15) is 5.10 Å². The molecular weight excluding hydrogens is 364 g/mol. The molecule has 1 saturated heterocycles. The Labute approximate surface area is 169 Å². The highest BCUT2D eigenvalue weighted by atomic mass is 16.1. The van der Waals surface area contributed by atoms with E-state index < -0.39 is 0 Å². The number of amides is 1. The minimum absolute atomic E-state index is 0.0267. The van der Waals surface area contributed by atoms with E-state index in [1.54, 1.807) is 12.4 Å². The van der Waals surface area contributed by atoms with Crippen molar-refractivity contribution in [2.24, 2.45) is 0 Å². The maximum Gasteiger partial charge on any atom is 0.251 e. The average molecular weight is 390 g/mol. The Bertz CT molecular complexity index is 1040. The topological polar surface area (TPSA) is 84.7 Å². The van der Waals surface area contributed by atoms with Crippen molar-refractivity contribution in [3.05, 3.63) is 53.0 Å². The molecule has 1 atom stereocenters. The summed E-state index contributed by atoms with van der Waals surface area (Å²) in [5.74, 6) is 0.349. The van der Waals surface area contributed by atoms with Crippen molar-refractivity contribution in [2.75, 3.05) is 19.6 Å². The molecule has 0 unspecified atom stereocenters. The molecule has 2 aromatic heterocycles. The molecule has 0 radical (unpaired) electrons. The van der Waals surface area contributed by atoms with Crippen LogP contribution in [-0.2, 0) is 19.4 Å². The zero-order chi connectivity index (χ0) is 19.6. The summed E-state index contributed by atoms with van der Waals surface area (Å²) in [6.45, 7) is 3.02. The number of benzene rings is 1. The van der Waals surface area contributed by atoms with Gasteiger partial charge in [-0.1, -0.05) is 6.07 Å². The molecule has 0 bridgehead atoms. The number of fused-ring (bicyclic) bond motifs is 2. The monoisotopic (exact) mass is 390 g/mol. The molecule has 1 aliphatic heterocycles. The first-order chi connectivity index (χ1) is 14.3. The highest BCUT2D eigenvalue weighted by Crippen LogP contribution is 2.26. The van der Waals surface area contributed by atoms with Crippen molar-refractivity contribution in [3.63, 3.8) is 0 Å². The zero-order valence-corrected chi connectivity index (χ0v) is 16.5. The van der Waals surface area contributed by atoms with Gasteiger partial charge >= 0.3 is 0 Å². The number of hydrogen-bond acceptors (Lipinski definition) is 5. The molecule has 1 aliphatic carbocycles. The fourth-order valence-electron chi connectivity index (χ4n) is 4.50. The summed E-state index contributed by atoms with van der Waals surface area (Å²) >= 11 is 0. The van der Waals surface area contributed by atoms with Crippen LogP contribution in [0.4, 0.5) is 0 Å². The van der Waals surface area contributed by atoms with Crippen molar-refractivity contribution in [1.29, 1.82) is 0 Å². The molecule has 7 nitrogen and oxygen atoms in total. The van der Waals surface area contributed by atoms with Crippen molar-refractivity contribution in [2.45, 2.75) is 44.6 Å². The highest BCUT2D eigenvalue weighted by molar-refractivity contribution is 5.94. The Hall–Kier alpha value is -2.80. The SMILES string of the molecule is O=C(NCCn1nc([C@H]2CCNC2)c2nccnc21)c1ccc2c(c1)CCCC2. The molecule has 0 saturated carbocycles. The first-order valence-corrected chi connectivity index (χ1v) is 10.6. The second kappa shape index (κ2) is 7.91. The molecule has 5 rings (SSSR count). The molecule has 3 heterocycles. The smallest absolute Gasteiger partial charge is 0.251 e. The van der Waals surface area contributed by atoms with E-state index in [9.17, 15) is 4.79 Å². The lowest BCUT2D eigenvalue weighted by molar-refractivity contribution is 0.0952. The van der Waals surface area contributed by atoms with Crippen LogP contribution < -0.4 is 10.6 Å². The number of carbonyl (C=O) groups excluding carboxylic acids is 1. The summed E-state index contributed by atoms with van der Waals surface area (Å²) in [7, 11) is 0. The van der Waals surface area contributed by atoms with E-state index in [0.717, 1.165) is 54.8 Å². The van der Waals surface area contributed by atoms with Crippen LogP contribution in [0.2, 0.25) is 0 Å². The number of carbonyl (C=O) groups is 1. The fourth-order valence-corrected chi connectivity index (χ4v) is 4.50. The Balaban J connectivity index is 1.28. The first kappa shape index (κ1) is 18.2. The van der Waals surface area contributed by atoms with Crippen LogP contribution in [0.1, 0.15) is 52.4 Å². The number of aromatic nitrogens is 4. The quantitative estimate of drug-likeness (QED) is 0.698. The highest BCUT2D eigenvalue weighted by Gasteiger charge is 2.24. The third kappa shape index (κ3) is 3.62. The van der Waals surface area contributed by atoms with Gasteiger partial charge in [0.05, 0.1) is 12.2 Å². The minimum atomic E-state index is -0.0267. The van der Waals surface area contributed by atoms with Crippen LogP contribution >= 0.6 is 0 Å². The largest absolute Gasteiger partial charge is 0.350 e. The number of rotatable bonds is 5. The first-order valence-electron chi connectivity index (χ1n) is 10.6. The van der Waals surface area contributed by atoms with Gasteiger partial charge in [0.2, 0.25) is 0 Å². The predicted octanol–water partition coefficient (Wildman–Crippen LogP) is 2.21. The van der Waals surface area contributed by atoms with Gasteiger partial charge in [0.15, 0.2) is 5.65 Å². The molecule has 150 valence electrons. The lowest BCUT2D eigenvalue weighted by atomic mass is 9.90. The summed E-state index contributed by atoms with van der Waals surface area (Å²) < 4.78 is 1.88. The molecule has 0 spiro atoms. The van der Waals surface area contributed by atoms with Crippen LogP contribution in [0.5, 0.6) is 0 Å². The van der Waals surface area contributed by atoms with E-state index in [-0.39, 0.29) is 5.91 Å². The van der Waals surface area contributed by atoms with Crippen molar-refractivity contribution in [1.82, 2.24) is 30.4 Å².